The molecule has 2 unspecified atom stereocenters. The molecule has 460 valence electrons. The molecular weight excluding hydrogens is 947 g/mol. The number of esters is 1. The third-order valence-corrected chi connectivity index (χ3v) is 17.2. The fraction of sp³-hybridized carbons (Fsp3) is 0.972. The topological polar surface area (TPSA) is 95.9 Å². The van der Waals surface area contributed by atoms with Gasteiger partial charge in [0.05, 0.1) is 25.4 Å². The molecule has 6 nitrogen and oxygen atoms in total. The van der Waals surface area contributed by atoms with Crippen LogP contribution < -0.4 is 5.32 Å². The molecule has 0 aliphatic heterocycles. The van der Waals surface area contributed by atoms with Gasteiger partial charge in [-0.3, -0.25) is 9.59 Å². The van der Waals surface area contributed by atoms with Crippen LogP contribution in [0.1, 0.15) is 418 Å². The Balaban J connectivity index is 3.30. The zero-order chi connectivity index (χ0) is 55.7. The fourth-order valence-corrected chi connectivity index (χ4v) is 11.7. The summed E-state index contributed by atoms with van der Waals surface area (Å²) in [4.78, 5) is 24.5. The maximum absolute atomic E-state index is 12.5. The molecule has 0 bridgehead atoms. The molecule has 0 spiro atoms. The third kappa shape index (κ3) is 63.9. The number of carbonyl (C=O) groups excluding carboxylic acids is 2. The minimum atomic E-state index is -0.659. The number of nitrogens with one attached hydrogen (secondary N) is 1. The Bertz CT molecular complexity index is 1120. The number of ether oxygens (including phenoxy) is 1. The maximum Gasteiger partial charge on any atom is 0.305 e. The molecule has 0 saturated carbocycles. The van der Waals surface area contributed by atoms with Crippen LogP contribution in [0, 0.1) is 0 Å². The van der Waals surface area contributed by atoms with Crippen molar-refractivity contribution < 1.29 is 24.5 Å². The SMILES string of the molecule is CCCCCCCCCCCCCCCCCC(O)C(CO)NC(=O)CCCCCCCCCCCCCCCCCCCCCCCCCCCCCCCCCCCOC(=O)CCCCCCCCCCCCCC. The molecule has 77 heavy (non-hydrogen) atoms. The van der Waals surface area contributed by atoms with Crippen LogP contribution in [0.25, 0.3) is 0 Å². The van der Waals surface area contributed by atoms with E-state index in [4.69, 9.17) is 4.74 Å². The highest BCUT2D eigenvalue weighted by Gasteiger charge is 2.20. The van der Waals surface area contributed by atoms with Crippen molar-refractivity contribution in [3.63, 3.8) is 0 Å². The average molecular weight is 1090 g/mol. The van der Waals surface area contributed by atoms with E-state index in [0.717, 1.165) is 38.5 Å². The third-order valence-electron chi connectivity index (χ3n) is 17.2. The van der Waals surface area contributed by atoms with Gasteiger partial charge in [0.25, 0.3) is 0 Å². The lowest BCUT2D eigenvalue weighted by Crippen LogP contribution is -2.45. The van der Waals surface area contributed by atoms with Crippen LogP contribution in [0.3, 0.4) is 0 Å². The summed E-state index contributed by atoms with van der Waals surface area (Å²) in [6.07, 6.45) is 81.7. The van der Waals surface area contributed by atoms with Gasteiger partial charge in [-0.1, -0.05) is 380 Å². The second kappa shape index (κ2) is 67.4. The summed E-state index contributed by atoms with van der Waals surface area (Å²) in [5, 5.41) is 23.3. The largest absolute Gasteiger partial charge is 0.466 e. The van der Waals surface area contributed by atoms with Crippen LogP contribution in [0.5, 0.6) is 0 Å². The van der Waals surface area contributed by atoms with Gasteiger partial charge in [0.2, 0.25) is 5.91 Å². The van der Waals surface area contributed by atoms with Crippen LogP contribution in [-0.4, -0.2) is 47.4 Å². The predicted octanol–water partition coefficient (Wildman–Crippen LogP) is 23.0. The number of carbonyl (C=O) groups is 2. The lowest BCUT2D eigenvalue weighted by molar-refractivity contribution is -0.143. The van der Waals surface area contributed by atoms with Crippen LogP contribution in [0.2, 0.25) is 0 Å². The van der Waals surface area contributed by atoms with Crippen molar-refractivity contribution in [2.24, 2.45) is 0 Å². The highest BCUT2D eigenvalue weighted by molar-refractivity contribution is 5.76. The molecule has 0 aromatic carbocycles. The standard InChI is InChI=1S/C71H141NO5/c1-3-5-7-9-11-13-15-17-37-40-43-47-51-55-59-63-69(74)68(67-73)72-70(75)64-60-56-52-48-44-41-38-35-33-31-29-27-25-23-21-19-18-20-22-24-26-28-30-32-34-36-39-42-46-50-54-58-62-66-77-71(76)65-61-57-53-49-45-16-14-12-10-8-6-4-2/h68-69,73-74H,3-67H2,1-2H3,(H,72,75). The van der Waals surface area contributed by atoms with Gasteiger partial charge < -0.3 is 20.3 Å². The van der Waals surface area contributed by atoms with E-state index in [1.165, 1.54) is 347 Å². The van der Waals surface area contributed by atoms with E-state index in [1.807, 2.05) is 0 Å². The minimum absolute atomic E-state index is 0.0235. The monoisotopic (exact) mass is 1090 g/mol. The Morgan fingerprint density at radius 2 is 0.532 bits per heavy atom. The molecule has 0 aliphatic carbocycles. The number of unbranched alkanes of at least 4 members (excludes halogenated alkanes) is 57. The van der Waals surface area contributed by atoms with Crippen LogP contribution in [0.15, 0.2) is 0 Å². The molecule has 0 radical (unpaired) electrons. The quantitative estimate of drug-likeness (QED) is 0.0417. The molecule has 6 heteroatoms. The van der Waals surface area contributed by atoms with Crippen molar-refractivity contribution >= 4 is 11.9 Å². The van der Waals surface area contributed by atoms with E-state index in [-0.39, 0.29) is 18.5 Å². The number of aliphatic hydroxyl groups is 2. The molecule has 0 fully saturated rings. The van der Waals surface area contributed by atoms with Gasteiger partial charge >= 0.3 is 5.97 Å². The van der Waals surface area contributed by atoms with Crippen molar-refractivity contribution in [1.29, 1.82) is 0 Å². The summed E-state index contributed by atoms with van der Waals surface area (Å²) >= 11 is 0. The molecule has 1 amide bonds. The van der Waals surface area contributed by atoms with E-state index >= 15 is 0 Å². The Hall–Kier alpha value is -1.14. The lowest BCUT2D eigenvalue weighted by atomic mass is 10.0. The molecule has 0 heterocycles. The van der Waals surface area contributed by atoms with Crippen molar-refractivity contribution in [2.45, 2.75) is 431 Å². The molecule has 3 N–H and O–H groups in total. The first-order chi connectivity index (χ1) is 38.0. The first kappa shape index (κ1) is 75.9. The maximum atomic E-state index is 12.5. The summed E-state index contributed by atoms with van der Waals surface area (Å²) in [6, 6.07) is -0.536. The van der Waals surface area contributed by atoms with Crippen LogP contribution in [0.4, 0.5) is 0 Å². The molecule has 0 saturated heterocycles. The van der Waals surface area contributed by atoms with E-state index in [2.05, 4.69) is 19.2 Å². The van der Waals surface area contributed by atoms with Crippen molar-refractivity contribution in [1.82, 2.24) is 5.32 Å². The van der Waals surface area contributed by atoms with Crippen molar-refractivity contribution in [3.05, 3.63) is 0 Å². The molecule has 0 rings (SSSR count). The Morgan fingerprint density at radius 1 is 0.312 bits per heavy atom. The lowest BCUT2D eigenvalue weighted by Gasteiger charge is -2.22. The number of hydrogen-bond acceptors (Lipinski definition) is 5. The number of rotatable bonds is 68. The Morgan fingerprint density at radius 3 is 0.792 bits per heavy atom. The zero-order valence-electron chi connectivity index (χ0n) is 52.7. The van der Waals surface area contributed by atoms with E-state index < -0.39 is 12.1 Å². The average Bonchev–Trinajstić information content (AvgIpc) is 3.43. The molecule has 0 aromatic rings. The summed E-state index contributed by atoms with van der Waals surface area (Å²) in [6.45, 7) is 5.00. The fourth-order valence-electron chi connectivity index (χ4n) is 11.7. The van der Waals surface area contributed by atoms with E-state index in [0.29, 0.717) is 25.9 Å². The smallest absolute Gasteiger partial charge is 0.305 e. The van der Waals surface area contributed by atoms with Crippen LogP contribution in [-0.2, 0) is 14.3 Å². The normalized spacial score (nSPS) is 12.4. The first-order valence-corrected chi connectivity index (χ1v) is 35.8. The second-order valence-corrected chi connectivity index (χ2v) is 24.9. The molecule has 0 aliphatic rings. The van der Waals surface area contributed by atoms with Crippen molar-refractivity contribution in [2.75, 3.05) is 13.2 Å². The zero-order valence-corrected chi connectivity index (χ0v) is 52.7. The molecule has 0 aromatic heterocycles. The molecular formula is C71H141NO5. The van der Waals surface area contributed by atoms with Crippen molar-refractivity contribution in [3.8, 4) is 0 Å². The number of aliphatic hydroxyl groups excluding tert-OH is 2. The summed E-state index contributed by atoms with van der Waals surface area (Å²) < 4.78 is 5.49. The van der Waals surface area contributed by atoms with Gasteiger partial charge in [0.15, 0.2) is 0 Å². The second-order valence-electron chi connectivity index (χ2n) is 24.9. The van der Waals surface area contributed by atoms with Crippen LogP contribution >= 0.6 is 0 Å². The molecule has 2 atom stereocenters. The Labute approximate surface area is 483 Å². The first-order valence-electron chi connectivity index (χ1n) is 35.8. The van der Waals surface area contributed by atoms with Gasteiger partial charge in [-0.15, -0.1) is 0 Å². The summed E-state index contributed by atoms with van der Waals surface area (Å²) in [5.74, 6) is -0.00288. The summed E-state index contributed by atoms with van der Waals surface area (Å²) in [7, 11) is 0. The number of hydrogen-bond donors (Lipinski definition) is 3. The minimum Gasteiger partial charge on any atom is -0.466 e. The van der Waals surface area contributed by atoms with Gasteiger partial charge in [0.1, 0.15) is 0 Å². The highest BCUT2D eigenvalue weighted by atomic mass is 16.5. The van der Waals surface area contributed by atoms with E-state index in [9.17, 15) is 19.8 Å². The Kier molecular flexibility index (Phi) is 66.4. The van der Waals surface area contributed by atoms with Gasteiger partial charge in [-0.25, -0.2) is 0 Å². The predicted molar refractivity (Wildman–Crippen MR) is 338 cm³/mol. The van der Waals surface area contributed by atoms with Gasteiger partial charge in [-0.05, 0) is 25.7 Å². The number of amides is 1. The van der Waals surface area contributed by atoms with E-state index in [1.54, 1.807) is 0 Å². The van der Waals surface area contributed by atoms with Gasteiger partial charge in [0, 0.05) is 12.8 Å². The summed E-state index contributed by atoms with van der Waals surface area (Å²) in [5.41, 5.74) is 0. The van der Waals surface area contributed by atoms with Gasteiger partial charge in [-0.2, -0.15) is 0 Å². The highest BCUT2D eigenvalue weighted by Crippen LogP contribution is 2.20.